The van der Waals surface area contributed by atoms with E-state index in [2.05, 4.69) is 0 Å². The Hall–Kier alpha value is -0.750. The second-order valence-electron chi connectivity index (χ2n) is 6.23. The number of alkyl halides is 2. The van der Waals surface area contributed by atoms with Crippen LogP contribution in [0.15, 0.2) is 0 Å². The molecule has 0 radical (unpaired) electrons. The van der Waals surface area contributed by atoms with E-state index in [1.165, 1.54) is 0 Å². The summed E-state index contributed by atoms with van der Waals surface area (Å²) in [4.78, 5) is 10.7. The minimum absolute atomic E-state index is 0.000880. The van der Waals surface area contributed by atoms with E-state index >= 15 is 0 Å². The summed E-state index contributed by atoms with van der Waals surface area (Å²) in [5.41, 5.74) is 0. The highest BCUT2D eigenvalue weighted by Crippen LogP contribution is 2.49. The highest BCUT2D eigenvalue weighted by Gasteiger charge is 2.57. The SMILES string of the molecule is O=C(O)C(F)(F)C1CCCC2(C1)OC1CCCCC1O2. The van der Waals surface area contributed by atoms with Gasteiger partial charge in [-0.1, -0.05) is 12.8 Å². The summed E-state index contributed by atoms with van der Waals surface area (Å²) in [5, 5.41) is 8.70. The second kappa shape index (κ2) is 4.91. The first-order chi connectivity index (χ1) is 9.43. The molecule has 3 aliphatic rings. The average Bonchev–Trinajstić information content (AvgIpc) is 2.75. The summed E-state index contributed by atoms with van der Waals surface area (Å²) in [5.74, 6) is -7.92. The van der Waals surface area contributed by atoms with E-state index in [1.807, 2.05) is 0 Å². The maximum atomic E-state index is 13.7. The van der Waals surface area contributed by atoms with Crippen molar-refractivity contribution in [2.24, 2.45) is 5.92 Å². The zero-order chi connectivity index (χ0) is 14.4. The predicted molar refractivity (Wildman–Crippen MR) is 65.5 cm³/mol. The summed E-state index contributed by atoms with van der Waals surface area (Å²) in [6, 6.07) is 0. The number of rotatable bonds is 2. The van der Waals surface area contributed by atoms with Crippen molar-refractivity contribution < 1.29 is 28.2 Å². The molecule has 1 N–H and O–H groups in total. The maximum absolute atomic E-state index is 13.7. The van der Waals surface area contributed by atoms with E-state index in [4.69, 9.17) is 14.6 Å². The lowest BCUT2D eigenvalue weighted by atomic mass is 9.81. The molecule has 1 saturated heterocycles. The quantitative estimate of drug-likeness (QED) is 0.849. The Morgan fingerprint density at radius 1 is 1.10 bits per heavy atom. The molecule has 2 aliphatic carbocycles. The van der Waals surface area contributed by atoms with Crippen molar-refractivity contribution in [1.29, 1.82) is 0 Å². The zero-order valence-corrected chi connectivity index (χ0v) is 11.3. The Balaban J connectivity index is 1.74. The van der Waals surface area contributed by atoms with Crippen LogP contribution in [0, 0.1) is 5.92 Å². The van der Waals surface area contributed by atoms with Gasteiger partial charge in [-0.25, -0.2) is 4.79 Å². The minimum atomic E-state index is -3.70. The molecule has 4 nitrogen and oxygen atoms in total. The topological polar surface area (TPSA) is 55.8 Å². The van der Waals surface area contributed by atoms with Crippen LogP contribution in [0.1, 0.15) is 51.4 Å². The number of carboxylic acids is 1. The Morgan fingerprint density at radius 2 is 1.70 bits per heavy atom. The molecule has 20 heavy (non-hydrogen) atoms. The van der Waals surface area contributed by atoms with Crippen LogP contribution in [0.25, 0.3) is 0 Å². The molecular formula is C14H20F2O4. The summed E-state index contributed by atoms with van der Waals surface area (Å²) >= 11 is 0. The standard InChI is InChI=1S/C14H20F2O4/c15-14(16,12(17)18)9-4-3-7-13(8-9)19-10-5-1-2-6-11(10)20-13/h9-11H,1-8H2,(H,17,18). The average molecular weight is 290 g/mol. The number of aliphatic carboxylic acids is 1. The van der Waals surface area contributed by atoms with E-state index in [-0.39, 0.29) is 25.0 Å². The summed E-state index contributed by atoms with van der Waals surface area (Å²) in [6.45, 7) is 0. The Morgan fingerprint density at radius 3 is 2.25 bits per heavy atom. The number of fused-ring (bicyclic) bond motifs is 1. The van der Waals surface area contributed by atoms with E-state index in [1.54, 1.807) is 0 Å². The van der Waals surface area contributed by atoms with E-state index < -0.39 is 23.6 Å². The normalized spacial score (nSPS) is 41.6. The number of ether oxygens (including phenoxy) is 2. The van der Waals surface area contributed by atoms with E-state index in [0.29, 0.717) is 12.8 Å². The van der Waals surface area contributed by atoms with Crippen LogP contribution in [0.5, 0.6) is 0 Å². The molecule has 3 fully saturated rings. The maximum Gasteiger partial charge on any atom is 0.374 e. The third-order valence-electron chi connectivity index (χ3n) is 4.84. The van der Waals surface area contributed by atoms with Crippen LogP contribution in [0.3, 0.4) is 0 Å². The lowest BCUT2D eigenvalue weighted by Gasteiger charge is -2.38. The fraction of sp³-hybridized carbons (Fsp3) is 0.929. The van der Waals surface area contributed by atoms with Crippen molar-refractivity contribution in [3.05, 3.63) is 0 Å². The molecule has 3 unspecified atom stereocenters. The number of carboxylic acid groups (broad SMARTS) is 1. The van der Waals surface area contributed by atoms with Gasteiger partial charge in [0, 0.05) is 18.8 Å². The van der Waals surface area contributed by atoms with E-state index in [9.17, 15) is 13.6 Å². The molecule has 0 amide bonds. The third-order valence-corrected chi connectivity index (χ3v) is 4.84. The number of carbonyl (C=O) groups is 1. The largest absolute Gasteiger partial charge is 0.477 e. The van der Waals surface area contributed by atoms with Gasteiger partial charge >= 0.3 is 11.9 Å². The third kappa shape index (κ3) is 2.33. The van der Waals surface area contributed by atoms with Gasteiger partial charge in [0.15, 0.2) is 5.79 Å². The molecule has 0 bridgehead atoms. The van der Waals surface area contributed by atoms with Crippen molar-refractivity contribution in [1.82, 2.24) is 0 Å². The Bertz CT molecular complexity index is 385. The van der Waals surface area contributed by atoms with Crippen LogP contribution in [0.2, 0.25) is 0 Å². The van der Waals surface area contributed by atoms with Gasteiger partial charge in [0.05, 0.1) is 12.2 Å². The summed E-state index contributed by atoms with van der Waals surface area (Å²) < 4.78 is 39.4. The zero-order valence-electron chi connectivity index (χ0n) is 11.3. The fourth-order valence-corrected chi connectivity index (χ4v) is 3.81. The molecule has 1 heterocycles. The molecule has 2 saturated carbocycles. The molecule has 3 rings (SSSR count). The predicted octanol–water partition coefficient (Wildman–Crippen LogP) is 2.95. The van der Waals surface area contributed by atoms with Crippen molar-refractivity contribution in [3.63, 3.8) is 0 Å². The molecule has 6 heteroatoms. The molecule has 3 atom stereocenters. The lowest BCUT2D eigenvalue weighted by Crippen LogP contribution is -2.46. The summed E-state index contributed by atoms with van der Waals surface area (Å²) in [7, 11) is 0. The van der Waals surface area contributed by atoms with E-state index in [0.717, 1.165) is 25.7 Å². The van der Waals surface area contributed by atoms with Gasteiger partial charge in [0.25, 0.3) is 0 Å². The first-order valence-corrected chi connectivity index (χ1v) is 7.40. The highest BCUT2D eigenvalue weighted by atomic mass is 19.3. The molecule has 114 valence electrons. The molecule has 0 aromatic heterocycles. The number of hydrogen-bond donors (Lipinski definition) is 1. The molecule has 1 aliphatic heterocycles. The van der Waals surface area contributed by atoms with Gasteiger partial charge in [-0.3, -0.25) is 0 Å². The molecule has 0 aromatic carbocycles. The van der Waals surface area contributed by atoms with Crippen LogP contribution in [0.4, 0.5) is 8.78 Å². The van der Waals surface area contributed by atoms with Gasteiger partial charge in [-0.05, 0) is 25.7 Å². The van der Waals surface area contributed by atoms with Crippen molar-refractivity contribution in [3.8, 4) is 0 Å². The minimum Gasteiger partial charge on any atom is -0.477 e. The number of halogens is 2. The Kier molecular flexibility index (Phi) is 3.49. The second-order valence-corrected chi connectivity index (χ2v) is 6.23. The lowest BCUT2D eigenvalue weighted by molar-refractivity contribution is -0.227. The van der Waals surface area contributed by atoms with Crippen molar-refractivity contribution in [2.45, 2.75) is 75.3 Å². The van der Waals surface area contributed by atoms with Crippen LogP contribution in [-0.2, 0) is 14.3 Å². The highest BCUT2D eigenvalue weighted by molar-refractivity contribution is 5.75. The molecule has 0 aromatic rings. The smallest absolute Gasteiger partial charge is 0.374 e. The Labute approximate surface area is 116 Å². The van der Waals surface area contributed by atoms with Crippen molar-refractivity contribution in [2.75, 3.05) is 0 Å². The van der Waals surface area contributed by atoms with Gasteiger partial charge in [-0.15, -0.1) is 0 Å². The van der Waals surface area contributed by atoms with Crippen LogP contribution in [-0.4, -0.2) is 35.0 Å². The van der Waals surface area contributed by atoms with Gasteiger partial charge in [0.1, 0.15) is 0 Å². The number of hydrogen-bond acceptors (Lipinski definition) is 3. The van der Waals surface area contributed by atoms with Gasteiger partial charge in [0.2, 0.25) is 0 Å². The first kappa shape index (κ1) is 14.2. The fourth-order valence-electron chi connectivity index (χ4n) is 3.81. The monoisotopic (exact) mass is 290 g/mol. The molecule has 1 spiro atoms. The summed E-state index contributed by atoms with van der Waals surface area (Å²) in [6.07, 6.45) is 5.28. The van der Waals surface area contributed by atoms with Gasteiger partial charge in [-0.2, -0.15) is 8.78 Å². The van der Waals surface area contributed by atoms with Crippen LogP contribution < -0.4 is 0 Å². The van der Waals surface area contributed by atoms with Crippen molar-refractivity contribution >= 4 is 5.97 Å². The molecular weight excluding hydrogens is 270 g/mol. The van der Waals surface area contributed by atoms with Crippen LogP contribution >= 0.6 is 0 Å². The first-order valence-electron chi connectivity index (χ1n) is 7.40. The van der Waals surface area contributed by atoms with Gasteiger partial charge < -0.3 is 14.6 Å².